The maximum absolute atomic E-state index is 10.5. The Morgan fingerprint density at radius 3 is 2.05 bits per heavy atom. The van der Waals surface area contributed by atoms with Crippen molar-refractivity contribution in [1.29, 1.82) is 5.26 Å². The number of nitrogens with zero attached hydrogens (tertiary/aromatic N) is 1. The van der Waals surface area contributed by atoms with Gasteiger partial charge in [-0.2, -0.15) is 5.26 Å². The fraction of sp³-hybridized carbons (Fsp3) is 0.278. The van der Waals surface area contributed by atoms with Crippen molar-refractivity contribution >= 4 is 0 Å². The second-order valence-corrected chi connectivity index (χ2v) is 5.27. The Morgan fingerprint density at radius 2 is 1.55 bits per heavy atom. The van der Waals surface area contributed by atoms with E-state index in [0.29, 0.717) is 0 Å². The van der Waals surface area contributed by atoms with E-state index in [4.69, 9.17) is 0 Å². The summed E-state index contributed by atoms with van der Waals surface area (Å²) in [6, 6.07) is 15.8. The van der Waals surface area contributed by atoms with Crippen molar-refractivity contribution < 1.29 is 5.11 Å². The van der Waals surface area contributed by atoms with Crippen LogP contribution in [0.3, 0.4) is 0 Å². The largest absolute Gasteiger partial charge is 0.387 e. The Kier molecular flexibility index (Phi) is 4.22. The minimum atomic E-state index is -0.804. The highest BCUT2D eigenvalue weighted by Crippen LogP contribution is 2.34. The molecule has 0 aliphatic carbocycles. The lowest BCUT2D eigenvalue weighted by molar-refractivity contribution is 0.163. The van der Waals surface area contributed by atoms with E-state index < -0.39 is 12.0 Å². The SMILES string of the molecule is Cc1cc(C)c([C@@H](C#N)[C@@H](O)c2ccccc2)c(C)c1. The molecule has 2 heteroatoms. The Labute approximate surface area is 120 Å². The van der Waals surface area contributed by atoms with Crippen molar-refractivity contribution in [3.63, 3.8) is 0 Å². The van der Waals surface area contributed by atoms with Crippen molar-refractivity contribution in [3.05, 3.63) is 70.3 Å². The number of aliphatic hydroxyl groups excluding tert-OH is 1. The van der Waals surface area contributed by atoms with Crippen LogP contribution >= 0.6 is 0 Å². The fourth-order valence-electron chi connectivity index (χ4n) is 2.82. The maximum atomic E-state index is 10.5. The lowest BCUT2D eigenvalue weighted by Crippen LogP contribution is -2.12. The van der Waals surface area contributed by atoms with E-state index in [-0.39, 0.29) is 0 Å². The number of nitriles is 1. The van der Waals surface area contributed by atoms with E-state index in [9.17, 15) is 10.4 Å². The number of rotatable bonds is 3. The monoisotopic (exact) mass is 265 g/mol. The molecule has 0 heterocycles. The molecule has 0 bridgehead atoms. The molecule has 102 valence electrons. The van der Waals surface area contributed by atoms with Gasteiger partial charge < -0.3 is 5.11 Å². The van der Waals surface area contributed by atoms with E-state index in [1.807, 2.05) is 51.1 Å². The first kappa shape index (κ1) is 14.3. The molecule has 0 spiro atoms. The van der Waals surface area contributed by atoms with Crippen molar-refractivity contribution in [2.75, 3.05) is 0 Å². The second kappa shape index (κ2) is 5.90. The highest BCUT2D eigenvalue weighted by Gasteiger charge is 2.25. The van der Waals surface area contributed by atoms with Gasteiger partial charge in [0.25, 0.3) is 0 Å². The van der Waals surface area contributed by atoms with Gasteiger partial charge in [-0.1, -0.05) is 48.0 Å². The van der Waals surface area contributed by atoms with E-state index >= 15 is 0 Å². The molecular weight excluding hydrogens is 246 g/mol. The summed E-state index contributed by atoms with van der Waals surface area (Å²) in [4.78, 5) is 0. The zero-order valence-electron chi connectivity index (χ0n) is 12.1. The molecule has 2 aromatic rings. The average molecular weight is 265 g/mol. The average Bonchev–Trinajstić information content (AvgIpc) is 2.43. The fourth-order valence-corrected chi connectivity index (χ4v) is 2.82. The van der Waals surface area contributed by atoms with Crippen LogP contribution in [0.2, 0.25) is 0 Å². The smallest absolute Gasteiger partial charge is 0.102 e. The molecule has 2 aromatic carbocycles. The van der Waals surface area contributed by atoms with Crippen molar-refractivity contribution in [2.45, 2.75) is 32.8 Å². The third-order valence-corrected chi connectivity index (χ3v) is 3.64. The first-order chi connectivity index (χ1) is 9.54. The van der Waals surface area contributed by atoms with Crippen molar-refractivity contribution in [3.8, 4) is 6.07 Å². The van der Waals surface area contributed by atoms with Crippen LogP contribution < -0.4 is 0 Å². The Bertz CT molecular complexity index is 617. The van der Waals surface area contributed by atoms with Gasteiger partial charge in [0, 0.05) is 0 Å². The van der Waals surface area contributed by atoms with Gasteiger partial charge >= 0.3 is 0 Å². The molecular formula is C18H19NO. The van der Waals surface area contributed by atoms with Crippen LogP contribution in [-0.4, -0.2) is 5.11 Å². The van der Waals surface area contributed by atoms with Gasteiger partial charge in [-0.15, -0.1) is 0 Å². The predicted molar refractivity (Wildman–Crippen MR) is 80.4 cm³/mol. The normalized spacial score (nSPS) is 13.6. The van der Waals surface area contributed by atoms with E-state index in [1.165, 1.54) is 5.56 Å². The molecule has 0 fully saturated rings. The number of hydrogen-bond acceptors (Lipinski definition) is 2. The van der Waals surface area contributed by atoms with Crippen LogP contribution in [0.1, 0.15) is 39.8 Å². The van der Waals surface area contributed by atoms with Crippen LogP contribution in [0.15, 0.2) is 42.5 Å². The van der Waals surface area contributed by atoms with Crippen LogP contribution in [0.25, 0.3) is 0 Å². The standard InChI is InChI=1S/C18H19NO/c1-12-9-13(2)17(14(3)10-12)16(11-19)18(20)15-7-5-4-6-8-15/h4-10,16,18,20H,1-3H3/t16-,18+/m1/s1. The Balaban J connectivity index is 2.47. The summed E-state index contributed by atoms with van der Waals surface area (Å²) in [6.45, 7) is 6.04. The van der Waals surface area contributed by atoms with Crippen molar-refractivity contribution in [1.82, 2.24) is 0 Å². The molecule has 0 aromatic heterocycles. The number of benzene rings is 2. The molecule has 20 heavy (non-hydrogen) atoms. The van der Waals surface area contributed by atoms with Gasteiger partial charge in [-0.3, -0.25) is 0 Å². The first-order valence-corrected chi connectivity index (χ1v) is 6.75. The molecule has 0 unspecified atom stereocenters. The van der Waals surface area contributed by atoms with E-state index in [2.05, 4.69) is 18.2 Å². The van der Waals surface area contributed by atoms with Gasteiger partial charge in [0.1, 0.15) is 5.92 Å². The molecule has 2 nitrogen and oxygen atoms in total. The number of aliphatic hydroxyl groups is 1. The number of hydrogen-bond donors (Lipinski definition) is 1. The summed E-state index contributed by atoms with van der Waals surface area (Å²) in [6.07, 6.45) is -0.804. The molecule has 0 aliphatic rings. The van der Waals surface area contributed by atoms with Crippen LogP contribution in [-0.2, 0) is 0 Å². The highest BCUT2D eigenvalue weighted by atomic mass is 16.3. The Hall–Kier alpha value is -2.11. The molecule has 0 saturated heterocycles. The summed E-state index contributed by atoms with van der Waals surface area (Å²) < 4.78 is 0. The summed E-state index contributed by atoms with van der Waals surface area (Å²) in [5.41, 5.74) is 5.01. The maximum Gasteiger partial charge on any atom is 0.102 e. The van der Waals surface area contributed by atoms with Gasteiger partial charge in [0.05, 0.1) is 12.2 Å². The number of aryl methyl sites for hydroxylation is 3. The van der Waals surface area contributed by atoms with Crippen molar-refractivity contribution in [2.24, 2.45) is 0 Å². The van der Waals surface area contributed by atoms with E-state index in [0.717, 1.165) is 22.3 Å². The molecule has 0 saturated carbocycles. The summed E-state index contributed by atoms with van der Waals surface area (Å²) in [7, 11) is 0. The predicted octanol–water partition coefficient (Wildman–Crippen LogP) is 3.95. The second-order valence-electron chi connectivity index (χ2n) is 5.27. The van der Waals surface area contributed by atoms with Crippen LogP contribution in [0.5, 0.6) is 0 Å². The molecule has 1 N–H and O–H groups in total. The summed E-state index contributed by atoms with van der Waals surface area (Å²) >= 11 is 0. The minimum absolute atomic E-state index is 0.544. The topological polar surface area (TPSA) is 44.0 Å². The molecule has 0 radical (unpaired) electrons. The Morgan fingerprint density at radius 1 is 1.00 bits per heavy atom. The lowest BCUT2D eigenvalue weighted by atomic mass is 9.84. The lowest BCUT2D eigenvalue weighted by Gasteiger charge is -2.21. The van der Waals surface area contributed by atoms with Gasteiger partial charge in [-0.25, -0.2) is 0 Å². The van der Waals surface area contributed by atoms with Gasteiger partial charge in [0.15, 0.2) is 0 Å². The third kappa shape index (κ3) is 2.74. The quantitative estimate of drug-likeness (QED) is 0.913. The van der Waals surface area contributed by atoms with Crippen LogP contribution in [0, 0.1) is 32.1 Å². The highest BCUT2D eigenvalue weighted by molar-refractivity contribution is 5.44. The summed E-state index contributed by atoms with van der Waals surface area (Å²) in [5, 5.41) is 20.0. The molecule has 2 rings (SSSR count). The minimum Gasteiger partial charge on any atom is -0.387 e. The van der Waals surface area contributed by atoms with Crippen LogP contribution in [0.4, 0.5) is 0 Å². The molecule has 0 amide bonds. The van der Waals surface area contributed by atoms with E-state index in [1.54, 1.807) is 0 Å². The zero-order valence-corrected chi connectivity index (χ0v) is 12.1. The van der Waals surface area contributed by atoms with Gasteiger partial charge in [0.2, 0.25) is 0 Å². The molecule has 0 aliphatic heterocycles. The zero-order chi connectivity index (χ0) is 14.7. The van der Waals surface area contributed by atoms with Gasteiger partial charge in [-0.05, 0) is 43.0 Å². The third-order valence-electron chi connectivity index (χ3n) is 3.64. The summed E-state index contributed by atoms with van der Waals surface area (Å²) in [5.74, 6) is -0.544. The first-order valence-electron chi connectivity index (χ1n) is 6.75. The molecule has 2 atom stereocenters.